The Morgan fingerprint density at radius 3 is 2.71 bits per heavy atom. The van der Waals surface area contributed by atoms with Crippen LogP contribution >= 0.6 is 35.6 Å². The molecule has 0 bridgehead atoms. The maximum atomic E-state index is 5.93. The number of hydrogen-bond acceptors (Lipinski definition) is 4. The third-order valence-corrected chi connectivity index (χ3v) is 3.93. The van der Waals surface area contributed by atoms with Gasteiger partial charge in [-0.15, -0.1) is 24.0 Å². The fourth-order valence-electron chi connectivity index (χ4n) is 2.39. The predicted octanol–water partition coefficient (Wildman–Crippen LogP) is 4.36. The molecule has 0 fully saturated rings. The summed E-state index contributed by atoms with van der Waals surface area (Å²) < 4.78 is 11.2. The molecule has 1 aromatic heterocycles. The Hall–Kier alpha value is -2.26. The highest BCUT2D eigenvalue weighted by molar-refractivity contribution is 14.0. The molecule has 0 saturated carbocycles. The number of benzene rings is 2. The van der Waals surface area contributed by atoms with E-state index >= 15 is 0 Å². The number of aliphatic imine (C=N–C) groups is 1. The summed E-state index contributed by atoms with van der Waals surface area (Å²) in [4.78, 5) is 8.67. The molecule has 2 N–H and O–H groups in total. The van der Waals surface area contributed by atoms with E-state index in [9.17, 15) is 0 Å². The molecule has 0 spiro atoms. The first-order chi connectivity index (χ1) is 13.2. The second-order valence-electron chi connectivity index (χ2n) is 5.67. The average Bonchev–Trinajstić information content (AvgIpc) is 3.17. The molecule has 0 aliphatic heterocycles. The van der Waals surface area contributed by atoms with Crippen molar-refractivity contribution in [1.82, 2.24) is 15.6 Å². The van der Waals surface area contributed by atoms with Crippen LogP contribution in [-0.2, 0) is 6.54 Å². The lowest BCUT2D eigenvalue weighted by molar-refractivity contribution is 0.322. The molecule has 0 radical (unpaired) electrons. The van der Waals surface area contributed by atoms with Crippen molar-refractivity contribution in [3.63, 3.8) is 0 Å². The lowest BCUT2D eigenvalue weighted by atomic mass is 10.2. The second-order valence-corrected chi connectivity index (χ2v) is 6.10. The number of nitrogens with one attached hydrogen (secondary N) is 2. The molecule has 28 heavy (non-hydrogen) atoms. The van der Waals surface area contributed by atoms with Crippen molar-refractivity contribution in [3.8, 4) is 17.2 Å². The first-order valence-electron chi connectivity index (χ1n) is 8.57. The molecule has 2 aromatic carbocycles. The number of rotatable bonds is 7. The van der Waals surface area contributed by atoms with Crippen LogP contribution in [0.3, 0.4) is 0 Å². The zero-order valence-electron chi connectivity index (χ0n) is 15.4. The van der Waals surface area contributed by atoms with E-state index in [1.807, 2.05) is 48.5 Å². The molecule has 0 unspecified atom stereocenters. The van der Waals surface area contributed by atoms with Gasteiger partial charge in [0, 0.05) is 17.6 Å². The lowest BCUT2D eigenvalue weighted by Crippen LogP contribution is -2.38. The van der Waals surface area contributed by atoms with Crippen LogP contribution < -0.4 is 15.4 Å². The molecule has 0 atom stereocenters. The van der Waals surface area contributed by atoms with Gasteiger partial charge in [-0.1, -0.05) is 35.9 Å². The Bertz CT molecular complexity index is 887. The average molecular weight is 513 g/mol. The number of aromatic nitrogens is 1. The highest BCUT2D eigenvalue weighted by Gasteiger charge is 2.07. The molecule has 3 rings (SSSR count). The smallest absolute Gasteiger partial charge is 0.226 e. The van der Waals surface area contributed by atoms with Gasteiger partial charge in [-0.25, -0.2) is 4.98 Å². The van der Waals surface area contributed by atoms with Crippen LogP contribution in [0.2, 0.25) is 5.02 Å². The summed E-state index contributed by atoms with van der Waals surface area (Å²) in [7, 11) is 1.71. The lowest BCUT2D eigenvalue weighted by Gasteiger charge is -2.11. The molecule has 3 aromatic rings. The molecule has 0 aliphatic carbocycles. The van der Waals surface area contributed by atoms with Crippen molar-refractivity contribution in [2.24, 2.45) is 4.99 Å². The van der Waals surface area contributed by atoms with Crippen molar-refractivity contribution >= 4 is 41.5 Å². The van der Waals surface area contributed by atoms with E-state index in [1.165, 1.54) is 0 Å². The van der Waals surface area contributed by atoms with Gasteiger partial charge < -0.3 is 19.8 Å². The number of nitrogens with zero attached hydrogens (tertiary/aromatic N) is 2. The normalized spacial score (nSPS) is 10.9. The molecule has 148 valence electrons. The van der Waals surface area contributed by atoms with Crippen molar-refractivity contribution in [3.05, 3.63) is 71.6 Å². The first-order valence-corrected chi connectivity index (χ1v) is 8.95. The largest absolute Gasteiger partial charge is 0.492 e. The quantitative estimate of drug-likeness (QED) is 0.213. The van der Waals surface area contributed by atoms with Crippen molar-refractivity contribution in [2.75, 3.05) is 20.2 Å². The molecule has 1 heterocycles. The summed E-state index contributed by atoms with van der Waals surface area (Å²) in [5.74, 6) is 2.00. The number of halogens is 2. The SMILES string of the molecule is CN=C(NCCOc1cccc(Cl)c1)NCc1coc(-c2ccccc2)n1.I. The second kappa shape index (κ2) is 11.6. The molecule has 6 nitrogen and oxygen atoms in total. The Morgan fingerprint density at radius 2 is 1.96 bits per heavy atom. The fraction of sp³-hybridized carbons (Fsp3) is 0.200. The van der Waals surface area contributed by atoms with Gasteiger partial charge in [0.25, 0.3) is 0 Å². The Balaban J connectivity index is 0.00000280. The van der Waals surface area contributed by atoms with Crippen LogP contribution in [0.15, 0.2) is 70.3 Å². The number of guanidine groups is 1. The van der Waals surface area contributed by atoms with E-state index in [-0.39, 0.29) is 24.0 Å². The Labute approximate surface area is 186 Å². The highest BCUT2D eigenvalue weighted by atomic mass is 127. The van der Waals surface area contributed by atoms with Crippen molar-refractivity contribution in [2.45, 2.75) is 6.54 Å². The maximum Gasteiger partial charge on any atom is 0.226 e. The summed E-state index contributed by atoms with van der Waals surface area (Å²) in [5, 5.41) is 7.04. The molecule has 0 aliphatic rings. The summed E-state index contributed by atoms with van der Waals surface area (Å²) in [6, 6.07) is 17.1. The Kier molecular flexibility index (Phi) is 9.09. The predicted molar refractivity (Wildman–Crippen MR) is 123 cm³/mol. The summed E-state index contributed by atoms with van der Waals surface area (Å²) in [5.41, 5.74) is 1.75. The topological polar surface area (TPSA) is 71.7 Å². The van der Waals surface area contributed by atoms with Crippen LogP contribution in [0, 0.1) is 0 Å². The molecular formula is C20H22ClIN4O2. The van der Waals surface area contributed by atoms with E-state index in [4.69, 9.17) is 20.8 Å². The van der Waals surface area contributed by atoms with Crippen LogP contribution in [0.5, 0.6) is 5.75 Å². The minimum Gasteiger partial charge on any atom is -0.492 e. The standard InChI is InChI=1S/C20H21ClN4O2.HI/c1-22-20(23-10-11-26-18-9-5-8-16(21)12-18)24-13-17-14-27-19(25-17)15-6-3-2-4-7-15;/h2-9,12,14H,10-11,13H2,1H3,(H2,22,23,24);1H. The van der Waals surface area contributed by atoms with Gasteiger partial charge in [-0.3, -0.25) is 4.99 Å². The molecule has 0 saturated heterocycles. The van der Waals surface area contributed by atoms with Gasteiger partial charge in [0.05, 0.1) is 18.8 Å². The molecular weight excluding hydrogens is 491 g/mol. The van der Waals surface area contributed by atoms with Crippen LogP contribution in [0.4, 0.5) is 0 Å². The minimum absolute atomic E-state index is 0. The maximum absolute atomic E-state index is 5.93. The van der Waals surface area contributed by atoms with Crippen LogP contribution in [0.1, 0.15) is 5.69 Å². The van der Waals surface area contributed by atoms with Crippen molar-refractivity contribution in [1.29, 1.82) is 0 Å². The van der Waals surface area contributed by atoms with E-state index < -0.39 is 0 Å². The summed E-state index contributed by atoms with van der Waals surface area (Å²) in [6.45, 7) is 1.59. The zero-order valence-corrected chi connectivity index (χ0v) is 18.5. The summed E-state index contributed by atoms with van der Waals surface area (Å²) >= 11 is 5.93. The molecule has 0 amide bonds. The third-order valence-electron chi connectivity index (χ3n) is 3.69. The van der Waals surface area contributed by atoms with Gasteiger partial charge in [-0.05, 0) is 30.3 Å². The minimum atomic E-state index is 0. The summed E-state index contributed by atoms with van der Waals surface area (Å²) in [6.07, 6.45) is 1.64. The number of ether oxygens (including phenoxy) is 1. The van der Waals surface area contributed by atoms with E-state index in [0.29, 0.717) is 36.6 Å². The zero-order chi connectivity index (χ0) is 18.9. The van der Waals surface area contributed by atoms with Gasteiger partial charge in [0.2, 0.25) is 5.89 Å². The van der Waals surface area contributed by atoms with E-state index in [2.05, 4.69) is 20.6 Å². The van der Waals surface area contributed by atoms with E-state index in [0.717, 1.165) is 17.0 Å². The van der Waals surface area contributed by atoms with Gasteiger partial charge in [-0.2, -0.15) is 0 Å². The van der Waals surface area contributed by atoms with Gasteiger partial charge >= 0.3 is 0 Å². The van der Waals surface area contributed by atoms with Gasteiger partial charge in [0.1, 0.15) is 18.6 Å². The highest BCUT2D eigenvalue weighted by Crippen LogP contribution is 2.18. The first kappa shape index (κ1) is 22.0. The Morgan fingerprint density at radius 1 is 1.14 bits per heavy atom. The number of oxazole rings is 1. The number of hydrogen-bond donors (Lipinski definition) is 2. The van der Waals surface area contributed by atoms with Crippen molar-refractivity contribution < 1.29 is 9.15 Å². The van der Waals surface area contributed by atoms with E-state index in [1.54, 1.807) is 19.4 Å². The molecule has 8 heteroatoms. The van der Waals surface area contributed by atoms with Crippen LogP contribution in [-0.4, -0.2) is 31.1 Å². The monoisotopic (exact) mass is 512 g/mol. The fourth-order valence-corrected chi connectivity index (χ4v) is 2.57. The van der Waals surface area contributed by atoms with Crippen LogP contribution in [0.25, 0.3) is 11.5 Å². The third kappa shape index (κ3) is 6.72. The van der Waals surface area contributed by atoms with Gasteiger partial charge in [0.15, 0.2) is 5.96 Å².